The van der Waals surface area contributed by atoms with Crippen molar-refractivity contribution in [3.05, 3.63) is 12.4 Å². The molecule has 0 saturated heterocycles. The van der Waals surface area contributed by atoms with E-state index < -0.39 is 10.0 Å². The van der Waals surface area contributed by atoms with Gasteiger partial charge in [0.25, 0.3) is 0 Å². The van der Waals surface area contributed by atoms with Crippen LogP contribution < -0.4 is 5.32 Å². The largest absolute Gasteiger partial charge is 0.318 e. The second kappa shape index (κ2) is 6.89. The van der Waals surface area contributed by atoms with Gasteiger partial charge in [0.15, 0.2) is 0 Å². The standard InChI is InChI=1S/C14H26N4O2S/c1-12(2)6-8-18(13-4-5-13)21(19,20)14-10-16-17(11-14)9-7-15-3/h10-13,15H,4-9H2,1-3H3. The Hall–Kier alpha value is -0.920. The highest BCUT2D eigenvalue weighted by Crippen LogP contribution is 2.32. The summed E-state index contributed by atoms with van der Waals surface area (Å²) in [4.78, 5) is 0.314. The van der Waals surface area contributed by atoms with Crippen LogP contribution in [0.1, 0.15) is 33.1 Å². The molecule has 0 amide bonds. The summed E-state index contributed by atoms with van der Waals surface area (Å²) in [6, 6.07) is 0.189. The van der Waals surface area contributed by atoms with Crippen molar-refractivity contribution in [3.63, 3.8) is 0 Å². The molecule has 0 unspecified atom stereocenters. The van der Waals surface area contributed by atoms with Gasteiger partial charge in [0.1, 0.15) is 4.90 Å². The van der Waals surface area contributed by atoms with E-state index in [0.717, 1.165) is 25.8 Å². The molecule has 1 aromatic heterocycles. The molecule has 0 bridgehead atoms. The van der Waals surface area contributed by atoms with Crippen LogP contribution in [-0.2, 0) is 16.6 Å². The zero-order valence-electron chi connectivity index (χ0n) is 13.1. The summed E-state index contributed by atoms with van der Waals surface area (Å²) < 4.78 is 28.9. The molecular formula is C14H26N4O2S. The van der Waals surface area contributed by atoms with Crippen molar-refractivity contribution in [3.8, 4) is 0 Å². The normalized spacial score (nSPS) is 16.0. The molecule has 1 fully saturated rings. The van der Waals surface area contributed by atoms with Crippen LogP contribution in [0.3, 0.4) is 0 Å². The lowest BCUT2D eigenvalue weighted by Gasteiger charge is -2.21. The van der Waals surface area contributed by atoms with E-state index in [1.807, 2.05) is 7.05 Å². The van der Waals surface area contributed by atoms with Gasteiger partial charge in [-0.15, -0.1) is 0 Å². The van der Waals surface area contributed by atoms with Gasteiger partial charge >= 0.3 is 0 Å². The minimum absolute atomic E-state index is 0.189. The number of hydrogen-bond donors (Lipinski definition) is 1. The summed E-state index contributed by atoms with van der Waals surface area (Å²) in [6.07, 6.45) is 5.95. The number of nitrogens with zero attached hydrogens (tertiary/aromatic N) is 3. The number of sulfonamides is 1. The predicted octanol–water partition coefficient (Wildman–Crippen LogP) is 1.30. The molecular weight excluding hydrogens is 288 g/mol. The summed E-state index contributed by atoms with van der Waals surface area (Å²) in [7, 11) is -1.55. The summed E-state index contributed by atoms with van der Waals surface area (Å²) in [5.41, 5.74) is 0. The van der Waals surface area contributed by atoms with Crippen LogP contribution in [0.4, 0.5) is 0 Å². The van der Waals surface area contributed by atoms with Gasteiger partial charge in [-0.05, 0) is 32.2 Å². The molecule has 0 spiro atoms. The van der Waals surface area contributed by atoms with Crippen LogP contribution in [0.25, 0.3) is 0 Å². The predicted molar refractivity (Wildman–Crippen MR) is 82.5 cm³/mol. The molecule has 1 aliphatic rings. The SMILES string of the molecule is CNCCn1cc(S(=O)(=O)N(CCC(C)C)C2CC2)cn1. The number of rotatable bonds is 9. The molecule has 0 aromatic carbocycles. The van der Waals surface area contributed by atoms with Gasteiger partial charge in [0.05, 0.1) is 12.7 Å². The fourth-order valence-electron chi connectivity index (χ4n) is 2.21. The molecule has 0 radical (unpaired) electrons. The molecule has 21 heavy (non-hydrogen) atoms. The van der Waals surface area contributed by atoms with E-state index in [9.17, 15) is 8.42 Å². The quantitative estimate of drug-likeness (QED) is 0.746. The van der Waals surface area contributed by atoms with Crippen LogP contribution in [0.5, 0.6) is 0 Å². The average Bonchev–Trinajstić information content (AvgIpc) is 3.12. The van der Waals surface area contributed by atoms with Gasteiger partial charge in [0.2, 0.25) is 10.0 Å². The molecule has 0 aliphatic heterocycles. The molecule has 2 rings (SSSR count). The van der Waals surface area contributed by atoms with E-state index in [0.29, 0.717) is 23.9 Å². The average molecular weight is 314 g/mol. The zero-order valence-corrected chi connectivity index (χ0v) is 13.9. The van der Waals surface area contributed by atoms with Crippen LogP contribution in [0.15, 0.2) is 17.3 Å². The van der Waals surface area contributed by atoms with Crippen molar-refractivity contribution in [1.29, 1.82) is 0 Å². The van der Waals surface area contributed by atoms with E-state index in [4.69, 9.17) is 0 Å². The van der Waals surface area contributed by atoms with Gasteiger partial charge < -0.3 is 5.32 Å². The minimum Gasteiger partial charge on any atom is -0.318 e. The van der Waals surface area contributed by atoms with Crippen LogP contribution in [0, 0.1) is 5.92 Å². The first kappa shape index (κ1) is 16.5. The first-order chi connectivity index (χ1) is 9.95. The van der Waals surface area contributed by atoms with Crippen molar-refractivity contribution in [2.75, 3.05) is 20.1 Å². The molecule has 1 N–H and O–H groups in total. The molecule has 1 heterocycles. The Kier molecular flexibility index (Phi) is 5.40. The fourth-order valence-corrected chi connectivity index (χ4v) is 3.86. The molecule has 7 heteroatoms. The first-order valence-electron chi connectivity index (χ1n) is 7.64. The Labute approximate surface area is 127 Å². The number of aromatic nitrogens is 2. The number of hydrogen-bond acceptors (Lipinski definition) is 4. The first-order valence-corrected chi connectivity index (χ1v) is 9.08. The third kappa shape index (κ3) is 4.28. The summed E-state index contributed by atoms with van der Waals surface area (Å²) in [5.74, 6) is 0.500. The van der Waals surface area contributed by atoms with Crippen LogP contribution in [0.2, 0.25) is 0 Å². The minimum atomic E-state index is -3.41. The highest BCUT2D eigenvalue weighted by molar-refractivity contribution is 7.89. The molecule has 1 saturated carbocycles. The lowest BCUT2D eigenvalue weighted by molar-refractivity contribution is 0.373. The van der Waals surface area contributed by atoms with Gasteiger partial charge in [-0.3, -0.25) is 4.68 Å². The van der Waals surface area contributed by atoms with Gasteiger partial charge in [0, 0.05) is 25.3 Å². The monoisotopic (exact) mass is 314 g/mol. The molecule has 1 aromatic rings. The Balaban J connectivity index is 2.12. The highest BCUT2D eigenvalue weighted by Gasteiger charge is 2.38. The van der Waals surface area contributed by atoms with E-state index in [2.05, 4.69) is 24.3 Å². The van der Waals surface area contributed by atoms with Crippen molar-refractivity contribution >= 4 is 10.0 Å². The summed E-state index contributed by atoms with van der Waals surface area (Å²) in [5, 5.41) is 7.18. The maximum absolute atomic E-state index is 12.8. The van der Waals surface area contributed by atoms with Crippen LogP contribution >= 0.6 is 0 Å². The second-order valence-electron chi connectivity index (χ2n) is 6.07. The third-order valence-corrected chi connectivity index (χ3v) is 5.59. The fraction of sp³-hybridized carbons (Fsp3) is 0.786. The molecule has 6 nitrogen and oxygen atoms in total. The van der Waals surface area contributed by atoms with Crippen molar-refractivity contribution < 1.29 is 8.42 Å². The van der Waals surface area contributed by atoms with E-state index in [-0.39, 0.29) is 6.04 Å². The third-order valence-electron chi connectivity index (χ3n) is 3.69. The van der Waals surface area contributed by atoms with Gasteiger partial charge in [-0.1, -0.05) is 13.8 Å². The zero-order chi connectivity index (χ0) is 15.5. The Morgan fingerprint density at radius 3 is 2.76 bits per heavy atom. The smallest absolute Gasteiger partial charge is 0.246 e. The maximum Gasteiger partial charge on any atom is 0.246 e. The Bertz CT molecular complexity index is 549. The van der Waals surface area contributed by atoms with Gasteiger partial charge in [-0.25, -0.2) is 8.42 Å². The topological polar surface area (TPSA) is 67.2 Å². The molecule has 0 atom stereocenters. The van der Waals surface area contributed by atoms with Crippen molar-refractivity contribution in [2.45, 2.75) is 50.6 Å². The Morgan fingerprint density at radius 2 is 2.19 bits per heavy atom. The van der Waals surface area contributed by atoms with Crippen molar-refractivity contribution in [2.24, 2.45) is 5.92 Å². The second-order valence-corrected chi connectivity index (χ2v) is 7.96. The lowest BCUT2D eigenvalue weighted by atomic mass is 10.1. The highest BCUT2D eigenvalue weighted by atomic mass is 32.2. The van der Waals surface area contributed by atoms with E-state index in [1.54, 1.807) is 15.2 Å². The number of nitrogens with one attached hydrogen (secondary N) is 1. The van der Waals surface area contributed by atoms with E-state index >= 15 is 0 Å². The molecule has 120 valence electrons. The maximum atomic E-state index is 12.8. The Morgan fingerprint density at radius 1 is 1.48 bits per heavy atom. The number of likely N-dealkylation sites (N-methyl/N-ethyl adjacent to an activating group) is 1. The van der Waals surface area contributed by atoms with E-state index in [1.165, 1.54) is 6.20 Å². The molecule has 1 aliphatic carbocycles. The lowest BCUT2D eigenvalue weighted by Crippen LogP contribution is -2.34. The summed E-state index contributed by atoms with van der Waals surface area (Å²) in [6.45, 7) is 6.27. The van der Waals surface area contributed by atoms with Crippen molar-refractivity contribution in [1.82, 2.24) is 19.4 Å². The summed E-state index contributed by atoms with van der Waals surface area (Å²) >= 11 is 0. The van der Waals surface area contributed by atoms with Gasteiger partial charge in [-0.2, -0.15) is 9.40 Å². The van der Waals surface area contributed by atoms with Crippen LogP contribution in [-0.4, -0.2) is 48.7 Å².